The number of amides is 4. The molecule has 3 fully saturated rings. The van der Waals surface area contributed by atoms with Crippen molar-refractivity contribution >= 4 is 53.3 Å². The molecule has 9 nitrogen and oxygen atoms in total. The number of nitrogens with zero attached hydrogens (tertiary/aromatic N) is 2. The molecule has 0 aromatic carbocycles. The van der Waals surface area contributed by atoms with Crippen LogP contribution in [0.4, 0.5) is 0 Å². The summed E-state index contributed by atoms with van der Waals surface area (Å²) in [6.07, 6.45) is 4.94. The Bertz CT molecular complexity index is 665. The van der Waals surface area contributed by atoms with E-state index in [1.807, 2.05) is 0 Å². The molecule has 28 heavy (non-hydrogen) atoms. The first-order valence-electron chi connectivity index (χ1n) is 8.72. The molecular weight excluding hydrogens is 413 g/mol. The zero-order valence-electron chi connectivity index (χ0n) is 15.1. The van der Waals surface area contributed by atoms with E-state index in [4.69, 9.17) is 27.9 Å². The fourth-order valence-electron chi connectivity index (χ4n) is 2.50. The van der Waals surface area contributed by atoms with Crippen LogP contribution in [0.2, 0.25) is 0 Å². The van der Waals surface area contributed by atoms with E-state index in [1.54, 1.807) is 0 Å². The van der Waals surface area contributed by atoms with Gasteiger partial charge in [0.05, 0.1) is 0 Å². The number of carbonyl (C=O) groups is 5. The number of halogens is 2. The summed E-state index contributed by atoms with van der Waals surface area (Å²) >= 11 is 11.7. The molecule has 11 heteroatoms. The number of nitrogens with one attached hydrogen (secondary N) is 1. The van der Waals surface area contributed by atoms with Gasteiger partial charge < -0.3 is 15.0 Å². The first-order chi connectivity index (χ1) is 13.3. The number of likely N-dealkylation sites (tertiary alicyclic amines) is 2. The zero-order chi connectivity index (χ0) is 20.8. The first-order valence-corrected chi connectivity index (χ1v) is 9.70. The van der Waals surface area contributed by atoms with Crippen LogP contribution in [0, 0.1) is 0 Å². The van der Waals surface area contributed by atoms with Crippen molar-refractivity contribution in [2.75, 3.05) is 12.6 Å². The van der Waals surface area contributed by atoms with Gasteiger partial charge in [0.15, 0.2) is 12.8 Å². The van der Waals surface area contributed by atoms with Gasteiger partial charge in [0.25, 0.3) is 5.91 Å². The van der Waals surface area contributed by atoms with Crippen LogP contribution in [-0.2, 0) is 28.7 Å². The second kappa shape index (κ2) is 9.88. The third-order valence-corrected chi connectivity index (χ3v) is 5.02. The number of β-lactam (4-membered cyclic amide) rings is 1. The number of imide groups is 1. The zero-order valence-corrected chi connectivity index (χ0v) is 16.6. The van der Waals surface area contributed by atoms with Gasteiger partial charge in [0.2, 0.25) is 18.2 Å². The predicted octanol–water partition coefficient (Wildman–Crippen LogP) is 0.492. The van der Waals surface area contributed by atoms with Gasteiger partial charge in [0, 0.05) is 18.7 Å². The SMILES string of the molecule is C1CC1.C=C(CCl)C(C(=O)OCN1C(=O)CCC1=O)N1C(=O)C(NC=O)C1Cl. The molecule has 0 aromatic heterocycles. The van der Waals surface area contributed by atoms with Gasteiger partial charge in [-0.25, -0.2) is 9.69 Å². The van der Waals surface area contributed by atoms with Gasteiger partial charge in [-0.15, -0.1) is 11.6 Å². The Kier molecular flexibility index (Phi) is 7.82. The van der Waals surface area contributed by atoms with Crippen molar-refractivity contribution in [2.45, 2.75) is 49.7 Å². The Morgan fingerprint density at radius 1 is 1.25 bits per heavy atom. The van der Waals surface area contributed by atoms with E-state index < -0.39 is 48.0 Å². The lowest BCUT2D eigenvalue weighted by atomic mass is 9.99. The minimum Gasteiger partial charge on any atom is -0.442 e. The Labute approximate surface area is 171 Å². The van der Waals surface area contributed by atoms with Gasteiger partial charge >= 0.3 is 5.97 Å². The predicted molar refractivity (Wildman–Crippen MR) is 99.0 cm³/mol. The summed E-state index contributed by atoms with van der Waals surface area (Å²) in [5, 5.41) is 2.23. The summed E-state index contributed by atoms with van der Waals surface area (Å²) in [6, 6.07) is -2.26. The van der Waals surface area contributed by atoms with Crippen molar-refractivity contribution < 1.29 is 28.7 Å². The van der Waals surface area contributed by atoms with E-state index in [9.17, 15) is 24.0 Å². The Morgan fingerprint density at radius 2 is 1.82 bits per heavy atom. The van der Waals surface area contributed by atoms with Crippen LogP contribution in [-0.4, -0.2) is 70.1 Å². The Hall–Kier alpha value is -2.13. The van der Waals surface area contributed by atoms with Crippen LogP contribution in [0.15, 0.2) is 12.2 Å². The van der Waals surface area contributed by atoms with Gasteiger partial charge in [-0.3, -0.25) is 19.2 Å². The monoisotopic (exact) mass is 433 g/mol. The van der Waals surface area contributed by atoms with Crippen LogP contribution < -0.4 is 5.32 Å². The first kappa shape index (κ1) is 22.2. The van der Waals surface area contributed by atoms with Crippen molar-refractivity contribution in [3.8, 4) is 0 Å². The van der Waals surface area contributed by atoms with Crippen LogP contribution in [0.5, 0.6) is 0 Å². The summed E-state index contributed by atoms with van der Waals surface area (Å²) in [5.41, 5.74) is -0.848. The highest BCUT2D eigenvalue weighted by atomic mass is 35.5. The molecule has 1 N–H and O–H groups in total. The smallest absolute Gasteiger partial charge is 0.335 e. The van der Waals surface area contributed by atoms with E-state index in [0.29, 0.717) is 6.41 Å². The largest absolute Gasteiger partial charge is 0.442 e. The average molecular weight is 434 g/mol. The normalized spacial score (nSPS) is 24.0. The maximum Gasteiger partial charge on any atom is 0.335 e. The molecule has 0 aromatic rings. The van der Waals surface area contributed by atoms with E-state index in [1.165, 1.54) is 19.3 Å². The summed E-state index contributed by atoms with van der Waals surface area (Å²) in [4.78, 5) is 59.8. The Morgan fingerprint density at radius 3 is 2.25 bits per heavy atom. The molecular formula is C17H21Cl2N3O6. The molecule has 0 radical (unpaired) electrons. The number of hydrogen-bond donors (Lipinski definition) is 1. The molecule has 0 bridgehead atoms. The maximum atomic E-state index is 12.4. The lowest BCUT2D eigenvalue weighted by Crippen LogP contribution is -2.71. The van der Waals surface area contributed by atoms with Crippen molar-refractivity contribution in [1.29, 1.82) is 0 Å². The highest BCUT2D eigenvalue weighted by Crippen LogP contribution is 2.30. The quantitative estimate of drug-likeness (QED) is 0.113. The van der Waals surface area contributed by atoms with Crippen LogP contribution in [0.1, 0.15) is 32.1 Å². The standard InChI is InChI=1S/C14H15Cl2N3O6.C3H6/c1-7(4-15)11(19-12(16)10(13(19)23)17-5-20)14(24)25-6-18-8(21)2-3-9(18)22;1-2-3-1/h5,10-12H,1-4,6H2,(H,17,20);1-3H2. The molecule has 0 spiro atoms. The van der Waals surface area contributed by atoms with E-state index >= 15 is 0 Å². The Balaban J connectivity index is 0.000000849. The lowest BCUT2D eigenvalue weighted by molar-refractivity contribution is -0.167. The molecule has 3 unspecified atom stereocenters. The minimum absolute atomic E-state index is 0.0572. The molecule has 3 atom stereocenters. The molecule has 3 rings (SSSR count). The number of rotatable bonds is 8. The summed E-state index contributed by atoms with van der Waals surface area (Å²) in [6.45, 7) is 3.06. The molecule has 2 aliphatic heterocycles. The number of ether oxygens (including phenoxy) is 1. The fraction of sp³-hybridized carbons (Fsp3) is 0.588. The van der Waals surface area contributed by atoms with E-state index in [0.717, 1.165) is 9.80 Å². The molecule has 4 amide bonds. The summed E-state index contributed by atoms with van der Waals surface area (Å²) in [5.74, 6) is -2.58. The lowest BCUT2D eigenvalue weighted by Gasteiger charge is -2.46. The van der Waals surface area contributed by atoms with Crippen LogP contribution in [0.3, 0.4) is 0 Å². The van der Waals surface area contributed by atoms with Crippen molar-refractivity contribution in [3.05, 3.63) is 12.2 Å². The van der Waals surface area contributed by atoms with Crippen molar-refractivity contribution in [2.24, 2.45) is 0 Å². The van der Waals surface area contributed by atoms with Crippen LogP contribution >= 0.6 is 23.2 Å². The summed E-state index contributed by atoms with van der Waals surface area (Å²) in [7, 11) is 0. The third-order valence-electron chi connectivity index (χ3n) is 4.21. The van der Waals surface area contributed by atoms with E-state index in [-0.39, 0.29) is 24.3 Å². The third kappa shape index (κ3) is 5.02. The number of esters is 1. The number of carbonyl (C=O) groups excluding carboxylic acids is 5. The van der Waals surface area contributed by atoms with Gasteiger partial charge in [-0.1, -0.05) is 37.4 Å². The molecule has 1 saturated carbocycles. The second-order valence-corrected chi connectivity index (χ2v) is 7.16. The second-order valence-electron chi connectivity index (χ2n) is 6.44. The number of alkyl halides is 2. The minimum atomic E-state index is -1.29. The summed E-state index contributed by atoms with van der Waals surface area (Å²) < 4.78 is 4.98. The maximum absolute atomic E-state index is 12.4. The number of hydrogen-bond acceptors (Lipinski definition) is 6. The van der Waals surface area contributed by atoms with Crippen LogP contribution in [0.25, 0.3) is 0 Å². The highest BCUT2D eigenvalue weighted by molar-refractivity contribution is 6.27. The van der Waals surface area contributed by atoms with E-state index in [2.05, 4.69) is 11.9 Å². The molecule has 2 heterocycles. The molecule has 154 valence electrons. The highest BCUT2D eigenvalue weighted by Gasteiger charge is 2.52. The average Bonchev–Trinajstić information content (AvgIpc) is 3.53. The van der Waals surface area contributed by atoms with Crippen molar-refractivity contribution in [1.82, 2.24) is 15.1 Å². The van der Waals surface area contributed by atoms with Gasteiger partial charge in [-0.2, -0.15) is 0 Å². The molecule has 1 aliphatic carbocycles. The van der Waals surface area contributed by atoms with Gasteiger partial charge in [-0.05, 0) is 5.57 Å². The molecule has 2 saturated heterocycles. The van der Waals surface area contributed by atoms with Crippen molar-refractivity contribution in [3.63, 3.8) is 0 Å². The van der Waals surface area contributed by atoms with Gasteiger partial charge in [0.1, 0.15) is 11.5 Å². The topological polar surface area (TPSA) is 113 Å². The fourth-order valence-corrected chi connectivity index (χ4v) is 3.03. The molecule has 3 aliphatic rings.